The standard InChI is InChI=1S/C11H9N3O2S/c15-9-8(10(16)14-11(17)13-9)6-12-7-4-2-1-3-5-7/h1-6H,(H3,13,14,15,16,17). The summed E-state index contributed by atoms with van der Waals surface area (Å²) >= 11 is 4.71. The maximum absolute atomic E-state index is 11.5. The van der Waals surface area contributed by atoms with Crippen molar-refractivity contribution < 1.29 is 5.11 Å². The lowest BCUT2D eigenvalue weighted by molar-refractivity contribution is 0.449. The highest BCUT2D eigenvalue weighted by Crippen LogP contribution is 2.11. The van der Waals surface area contributed by atoms with Crippen LogP contribution in [0.2, 0.25) is 0 Å². The molecule has 0 saturated heterocycles. The van der Waals surface area contributed by atoms with Crippen LogP contribution in [0, 0.1) is 4.77 Å². The highest BCUT2D eigenvalue weighted by atomic mass is 32.1. The predicted octanol–water partition coefficient (Wildman–Crippen LogP) is 1.89. The molecule has 86 valence electrons. The lowest BCUT2D eigenvalue weighted by atomic mass is 10.3. The van der Waals surface area contributed by atoms with Gasteiger partial charge in [-0.2, -0.15) is 0 Å². The Balaban J connectivity index is 2.41. The van der Waals surface area contributed by atoms with E-state index < -0.39 is 5.56 Å². The summed E-state index contributed by atoms with van der Waals surface area (Å²) in [6.07, 6.45) is 1.29. The van der Waals surface area contributed by atoms with Crippen LogP contribution in [-0.2, 0) is 0 Å². The number of aromatic amines is 2. The Kier molecular flexibility index (Phi) is 3.15. The first-order valence-corrected chi connectivity index (χ1v) is 5.22. The summed E-state index contributed by atoms with van der Waals surface area (Å²) in [5, 5.41) is 9.52. The molecule has 1 aromatic carbocycles. The number of hydrogen-bond donors (Lipinski definition) is 3. The molecule has 1 heterocycles. The lowest BCUT2D eigenvalue weighted by Gasteiger charge is -1.97. The average Bonchev–Trinajstić information content (AvgIpc) is 2.29. The van der Waals surface area contributed by atoms with E-state index in [1.165, 1.54) is 6.21 Å². The first-order valence-electron chi connectivity index (χ1n) is 4.81. The molecule has 2 aromatic rings. The summed E-state index contributed by atoms with van der Waals surface area (Å²) in [6, 6.07) is 9.09. The van der Waals surface area contributed by atoms with Crippen molar-refractivity contribution in [2.75, 3.05) is 0 Å². The third-order valence-electron chi connectivity index (χ3n) is 2.06. The predicted molar refractivity (Wildman–Crippen MR) is 67.6 cm³/mol. The molecule has 0 radical (unpaired) electrons. The van der Waals surface area contributed by atoms with Gasteiger partial charge in [0.1, 0.15) is 5.56 Å². The summed E-state index contributed by atoms with van der Waals surface area (Å²) < 4.78 is 0.0735. The van der Waals surface area contributed by atoms with Gasteiger partial charge in [0.05, 0.1) is 5.69 Å². The monoisotopic (exact) mass is 247 g/mol. The number of hydrogen-bond acceptors (Lipinski definition) is 4. The fourth-order valence-corrected chi connectivity index (χ4v) is 1.45. The molecule has 1 aromatic heterocycles. The van der Waals surface area contributed by atoms with Crippen LogP contribution >= 0.6 is 12.2 Å². The van der Waals surface area contributed by atoms with E-state index in [0.29, 0.717) is 5.69 Å². The van der Waals surface area contributed by atoms with Crippen LogP contribution in [0.15, 0.2) is 40.1 Å². The normalized spacial score (nSPS) is 10.8. The molecular formula is C11H9N3O2S. The second kappa shape index (κ2) is 4.75. The van der Waals surface area contributed by atoms with E-state index in [1.54, 1.807) is 12.1 Å². The molecule has 6 heteroatoms. The Bertz CT molecular complexity index is 658. The molecule has 0 bridgehead atoms. The topological polar surface area (TPSA) is 81.2 Å². The SMILES string of the molecule is O=c1[nH]c(=S)[nH]c(O)c1C=Nc1ccccc1. The molecule has 0 spiro atoms. The van der Waals surface area contributed by atoms with Gasteiger partial charge in [0, 0.05) is 6.21 Å². The van der Waals surface area contributed by atoms with Crippen LogP contribution in [-0.4, -0.2) is 21.3 Å². The van der Waals surface area contributed by atoms with E-state index in [4.69, 9.17) is 12.2 Å². The van der Waals surface area contributed by atoms with Crippen LogP contribution in [0.1, 0.15) is 5.56 Å². The number of H-pyrrole nitrogens is 2. The molecule has 0 aliphatic carbocycles. The largest absolute Gasteiger partial charge is 0.494 e. The Hall–Kier alpha value is -2.21. The van der Waals surface area contributed by atoms with Crippen LogP contribution in [0.25, 0.3) is 0 Å². The smallest absolute Gasteiger partial charge is 0.264 e. The number of benzene rings is 1. The number of rotatable bonds is 2. The molecule has 3 N–H and O–H groups in total. The van der Waals surface area contributed by atoms with E-state index in [9.17, 15) is 9.90 Å². The van der Waals surface area contributed by atoms with Crippen LogP contribution in [0.5, 0.6) is 5.88 Å². The number of aromatic nitrogens is 2. The van der Waals surface area contributed by atoms with Crippen LogP contribution in [0.3, 0.4) is 0 Å². The molecule has 2 rings (SSSR count). The lowest BCUT2D eigenvalue weighted by Crippen LogP contribution is -2.13. The fraction of sp³-hybridized carbons (Fsp3) is 0. The van der Waals surface area contributed by atoms with E-state index in [2.05, 4.69) is 15.0 Å². The third-order valence-corrected chi connectivity index (χ3v) is 2.26. The van der Waals surface area contributed by atoms with Crippen molar-refractivity contribution in [3.05, 3.63) is 51.0 Å². The molecule has 0 atom stereocenters. The molecule has 5 nitrogen and oxygen atoms in total. The van der Waals surface area contributed by atoms with Crippen molar-refractivity contribution in [1.29, 1.82) is 0 Å². The van der Waals surface area contributed by atoms with E-state index in [1.807, 2.05) is 18.2 Å². The van der Waals surface area contributed by atoms with Gasteiger partial charge in [0.2, 0.25) is 5.88 Å². The molecule has 0 unspecified atom stereocenters. The van der Waals surface area contributed by atoms with Gasteiger partial charge in [0.15, 0.2) is 4.77 Å². The first-order chi connectivity index (χ1) is 8.16. The van der Waals surface area contributed by atoms with Crippen molar-refractivity contribution in [1.82, 2.24) is 9.97 Å². The maximum atomic E-state index is 11.5. The Morgan fingerprint density at radius 3 is 2.59 bits per heavy atom. The quantitative estimate of drug-likeness (QED) is 0.560. The number of nitrogens with zero attached hydrogens (tertiary/aromatic N) is 1. The average molecular weight is 247 g/mol. The van der Waals surface area contributed by atoms with Gasteiger partial charge in [-0.1, -0.05) is 18.2 Å². The summed E-state index contributed by atoms with van der Waals surface area (Å²) in [6.45, 7) is 0. The van der Waals surface area contributed by atoms with Gasteiger partial charge >= 0.3 is 0 Å². The zero-order valence-corrected chi connectivity index (χ0v) is 9.49. The van der Waals surface area contributed by atoms with Crippen LogP contribution in [0.4, 0.5) is 5.69 Å². The van der Waals surface area contributed by atoms with E-state index >= 15 is 0 Å². The second-order valence-corrected chi connectivity index (χ2v) is 3.67. The van der Waals surface area contributed by atoms with Crippen molar-refractivity contribution in [3.63, 3.8) is 0 Å². The second-order valence-electron chi connectivity index (χ2n) is 3.26. The zero-order chi connectivity index (χ0) is 12.3. The first kappa shape index (κ1) is 11.3. The van der Waals surface area contributed by atoms with Gasteiger partial charge in [-0.25, -0.2) is 0 Å². The van der Waals surface area contributed by atoms with Gasteiger partial charge in [-0.15, -0.1) is 0 Å². The van der Waals surface area contributed by atoms with Crippen LogP contribution < -0.4 is 5.56 Å². The summed E-state index contributed by atoms with van der Waals surface area (Å²) in [5.74, 6) is -0.293. The fourth-order valence-electron chi connectivity index (χ4n) is 1.26. The van der Waals surface area contributed by atoms with Gasteiger partial charge in [0.25, 0.3) is 5.56 Å². The minimum Gasteiger partial charge on any atom is -0.494 e. The van der Waals surface area contributed by atoms with E-state index in [-0.39, 0.29) is 16.2 Å². The van der Waals surface area contributed by atoms with Gasteiger partial charge in [-0.3, -0.25) is 14.8 Å². The summed E-state index contributed by atoms with van der Waals surface area (Å²) in [4.78, 5) is 20.4. The minimum absolute atomic E-state index is 0.0439. The summed E-state index contributed by atoms with van der Waals surface area (Å²) in [5.41, 5.74) is 0.252. The Morgan fingerprint density at radius 1 is 1.24 bits per heavy atom. The maximum Gasteiger partial charge on any atom is 0.264 e. The Morgan fingerprint density at radius 2 is 1.94 bits per heavy atom. The highest BCUT2D eigenvalue weighted by molar-refractivity contribution is 7.71. The van der Waals surface area contributed by atoms with Crippen molar-refractivity contribution in [2.24, 2.45) is 4.99 Å². The van der Waals surface area contributed by atoms with Crippen molar-refractivity contribution in [3.8, 4) is 5.88 Å². The molecule has 0 amide bonds. The molecular weight excluding hydrogens is 238 g/mol. The van der Waals surface area contributed by atoms with Gasteiger partial charge < -0.3 is 10.1 Å². The number of aromatic hydroxyl groups is 1. The Labute approximate surface area is 102 Å². The summed E-state index contributed by atoms with van der Waals surface area (Å²) in [7, 11) is 0. The third kappa shape index (κ3) is 2.67. The highest BCUT2D eigenvalue weighted by Gasteiger charge is 2.03. The van der Waals surface area contributed by atoms with Gasteiger partial charge in [-0.05, 0) is 24.4 Å². The van der Waals surface area contributed by atoms with Crippen molar-refractivity contribution >= 4 is 24.1 Å². The number of para-hydroxylation sites is 1. The molecule has 0 aliphatic heterocycles. The number of nitrogens with one attached hydrogen (secondary N) is 2. The zero-order valence-electron chi connectivity index (χ0n) is 8.68. The molecule has 0 aliphatic rings. The van der Waals surface area contributed by atoms with E-state index in [0.717, 1.165) is 0 Å². The molecule has 0 saturated carbocycles. The van der Waals surface area contributed by atoms with Crippen molar-refractivity contribution in [2.45, 2.75) is 0 Å². The molecule has 0 fully saturated rings. The minimum atomic E-state index is -0.481. The molecule has 17 heavy (non-hydrogen) atoms. The number of aliphatic imine (C=N–C) groups is 1.